The minimum atomic E-state index is -0.0622. The molecule has 1 saturated heterocycles. The van der Waals surface area contributed by atoms with Gasteiger partial charge in [-0.1, -0.05) is 11.6 Å². The highest BCUT2D eigenvalue weighted by atomic mass is 35.5. The van der Waals surface area contributed by atoms with Crippen LogP contribution in [0.15, 0.2) is 23.3 Å². The van der Waals surface area contributed by atoms with E-state index in [2.05, 4.69) is 22.5 Å². The molecule has 0 aliphatic carbocycles. The van der Waals surface area contributed by atoms with E-state index in [1.54, 1.807) is 6.07 Å². The van der Waals surface area contributed by atoms with E-state index in [4.69, 9.17) is 16.3 Å². The Hall–Kier alpha value is -1.59. The molecule has 1 aliphatic heterocycles. The zero-order valence-electron chi connectivity index (χ0n) is 13.8. The summed E-state index contributed by atoms with van der Waals surface area (Å²) in [6.45, 7) is 4.45. The van der Waals surface area contributed by atoms with Gasteiger partial charge in [-0.25, -0.2) is 5.43 Å². The summed E-state index contributed by atoms with van der Waals surface area (Å²) in [5, 5.41) is 4.91. The lowest BCUT2D eigenvalue weighted by molar-refractivity contribution is -0.121. The summed E-state index contributed by atoms with van der Waals surface area (Å²) in [5.74, 6) is 0.745. The van der Waals surface area contributed by atoms with Crippen LogP contribution in [-0.2, 0) is 4.79 Å². The second-order valence-corrected chi connectivity index (χ2v) is 6.31. The number of halogens is 1. The zero-order valence-corrected chi connectivity index (χ0v) is 14.5. The van der Waals surface area contributed by atoms with Crippen LogP contribution in [0.3, 0.4) is 0 Å². The monoisotopic (exact) mass is 337 g/mol. The van der Waals surface area contributed by atoms with Gasteiger partial charge in [0.2, 0.25) is 5.91 Å². The molecular weight excluding hydrogens is 314 g/mol. The summed E-state index contributed by atoms with van der Waals surface area (Å²) >= 11 is 5.90. The summed E-state index contributed by atoms with van der Waals surface area (Å²) in [6, 6.07) is 5.51. The average Bonchev–Trinajstić information content (AvgIpc) is 2.52. The standard InChI is InChI=1S/C17H24ClN3O2/c1-13-12-14(18)5-6-16(13)23-11-3-4-17(22)20-19-15-7-9-21(2)10-8-15/h5-6,12H,3-4,7-11H2,1-2H3,(H,20,22). The Kier molecular flexibility index (Phi) is 6.86. The van der Waals surface area contributed by atoms with Gasteiger partial charge in [0.15, 0.2) is 0 Å². The van der Waals surface area contributed by atoms with Gasteiger partial charge in [-0.2, -0.15) is 5.10 Å². The van der Waals surface area contributed by atoms with Crippen molar-refractivity contribution in [2.45, 2.75) is 32.6 Å². The van der Waals surface area contributed by atoms with Gasteiger partial charge in [-0.15, -0.1) is 0 Å². The van der Waals surface area contributed by atoms with Crippen molar-refractivity contribution in [2.75, 3.05) is 26.7 Å². The van der Waals surface area contributed by atoms with Crippen molar-refractivity contribution < 1.29 is 9.53 Å². The number of likely N-dealkylation sites (tertiary alicyclic amines) is 1. The van der Waals surface area contributed by atoms with Gasteiger partial charge in [-0.3, -0.25) is 4.79 Å². The van der Waals surface area contributed by atoms with Gasteiger partial charge in [-0.05, 0) is 44.2 Å². The van der Waals surface area contributed by atoms with Crippen LogP contribution in [0.5, 0.6) is 5.75 Å². The largest absolute Gasteiger partial charge is 0.493 e. The van der Waals surface area contributed by atoms with Crippen molar-refractivity contribution in [1.29, 1.82) is 0 Å². The molecule has 0 unspecified atom stereocenters. The maximum Gasteiger partial charge on any atom is 0.240 e. The van der Waals surface area contributed by atoms with E-state index >= 15 is 0 Å². The van der Waals surface area contributed by atoms with E-state index in [1.807, 2.05) is 19.1 Å². The van der Waals surface area contributed by atoms with Crippen molar-refractivity contribution in [3.05, 3.63) is 28.8 Å². The lowest BCUT2D eigenvalue weighted by atomic mass is 10.1. The molecule has 1 heterocycles. The van der Waals surface area contributed by atoms with Crippen LogP contribution in [0, 0.1) is 6.92 Å². The molecule has 0 saturated carbocycles. The van der Waals surface area contributed by atoms with Crippen molar-refractivity contribution in [3.63, 3.8) is 0 Å². The van der Waals surface area contributed by atoms with Crippen molar-refractivity contribution >= 4 is 23.2 Å². The molecule has 0 spiro atoms. The highest BCUT2D eigenvalue weighted by molar-refractivity contribution is 6.30. The first-order valence-electron chi connectivity index (χ1n) is 7.96. The Balaban J connectivity index is 1.64. The topological polar surface area (TPSA) is 53.9 Å². The van der Waals surface area contributed by atoms with Crippen LogP contribution >= 0.6 is 11.6 Å². The minimum absolute atomic E-state index is 0.0622. The number of benzene rings is 1. The molecule has 1 aromatic rings. The summed E-state index contributed by atoms with van der Waals surface area (Å²) in [4.78, 5) is 14.0. The molecule has 6 heteroatoms. The Bertz CT molecular complexity index is 565. The Morgan fingerprint density at radius 2 is 2.13 bits per heavy atom. The summed E-state index contributed by atoms with van der Waals surface area (Å²) in [7, 11) is 2.10. The van der Waals surface area contributed by atoms with Crippen LogP contribution in [0.25, 0.3) is 0 Å². The quantitative estimate of drug-likeness (QED) is 0.641. The lowest BCUT2D eigenvalue weighted by Crippen LogP contribution is -2.32. The number of hydrogen-bond donors (Lipinski definition) is 1. The number of nitrogens with one attached hydrogen (secondary N) is 1. The third-order valence-corrected chi connectivity index (χ3v) is 4.08. The smallest absolute Gasteiger partial charge is 0.240 e. The Labute approximate surface area is 142 Å². The van der Waals surface area contributed by atoms with E-state index in [0.717, 1.165) is 43.0 Å². The fourth-order valence-electron chi connectivity index (χ4n) is 2.38. The Morgan fingerprint density at radius 1 is 1.39 bits per heavy atom. The molecule has 0 bridgehead atoms. The number of ether oxygens (including phenoxy) is 1. The second-order valence-electron chi connectivity index (χ2n) is 5.88. The van der Waals surface area contributed by atoms with Gasteiger partial charge in [0, 0.05) is 43.1 Å². The van der Waals surface area contributed by atoms with Gasteiger partial charge >= 0.3 is 0 Å². The van der Waals surface area contributed by atoms with Crippen LogP contribution in [0.4, 0.5) is 0 Å². The van der Waals surface area contributed by atoms with E-state index in [-0.39, 0.29) is 5.91 Å². The molecule has 1 fully saturated rings. The van der Waals surface area contributed by atoms with Gasteiger partial charge in [0.1, 0.15) is 5.75 Å². The molecule has 0 aromatic heterocycles. The van der Waals surface area contributed by atoms with E-state index < -0.39 is 0 Å². The zero-order chi connectivity index (χ0) is 16.7. The summed E-state index contributed by atoms with van der Waals surface area (Å²) < 4.78 is 5.67. The fraction of sp³-hybridized carbons (Fsp3) is 0.529. The molecule has 1 aromatic carbocycles. The number of piperidine rings is 1. The van der Waals surface area contributed by atoms with Crippen molar-refractivity contribution in [2.24, 2.45) is 5.10 Å². The van der Waals surface area contributed by atoms with Gasteiger partial charge < -0.3 is 9.64 Å². The average molecular weight is 338 g/mol. The van der Waals surface area contributed by atoms with Crippen molar-refractivity contribution in [3.8, 4) is 5.75 Å². The van der Waals surface area contributed by atoms with Crippen LogP contribution in [0.1, 0.15) is 31.2 Å². The van der Waals surface area contributed by atoms with E-state index in [9.17, 15) is 4.79 Å². The molecule has 23 heavy (non-hydrogen) atoms. The SMILES string of the molecule is Cc1cc(Cl)ccc1OCCCC(=O)NN=C1CCN(C)CC1. The maximum absolute atomic E-state index is 11.8. The second kappa shape index (κ2) is 8.89. The predicted molar refractivity (Wildman–Crippen MR) is 93.2 cm³/mol. The van der Waals surface area contributed by atoms with Crippen LogP contribution in [-0.4, -0.2) is 43.3 Å². The number of hydrazone groups is 1. The molecule has 126 valence electrons. The molecular formula is C17H24ClN3O2. The Morgan fingerprint density at radius 3 is 2.83 bits per heavy atom. The number of aryl methyl sites for hydroxylation is 1. The third kappa shape index (κ3) is 6.20. The number of nitrogens with zero attached hydrogens (tertiary/aromatic N) is 2. The van der Waals surface area contributed by atoms with E-state index in [1.165, 1.54) is 0 Å². The number of carbonyl (C=O) groups excluding carboxylic acids is 1. The number of hydrogen-bond acceptors (Lipinski definition) is 4. The molecule has 1 aliphatic rings. The van der Waals surface area contributed by atoms with Crippen molar-refractivity contribution in [1.82, 2.24) is 10.3 Å². The first kappa shape index (κ1) is 17.8. The van der Waals surface area contributed by atoms with Crippen LogP contribution in [0.2, 0.25) is 5.02 Å². The normalized spacial score (nSPS) is 15.3. The fourth-order valence-corrected chi connectivity index (χ4v) is 2.60. The molecule has 2 rings (SSSR count). The first-order chi connectivity index (χ1) is 11.0. The molecule has 5 nitrogen and oxygen atoms in total. The van der Waals surface area contributed by atoms with Crippen LogP contribution < -0.4 is 10.2 Å². The molecule has 1 amide bonds. The lowest BCUT2D eigenvalue weighted by Gasteiger charge is -2.22. The maximum atomic E-state index is 11.8. The number of carbonyl (C=O) groups is 1. The third-order valence-electron chi connectivity index (χ3n) is 3.85. The molecule has 1 N–H and O–H groups in total. The molecule has 0 radical (unpaired) electrons. The van der Waals surface area contributed by atoms with Gasteiger partial charge in [0.05, 0.1) is 6.61 Å². The first-order valence-corrected chi connectivity index (χ1v) is 8.34. The highest BCUT2D eigenvalue weighted by Gasteiger charge is 2.11. The molecule has 0 atom stereocenters. The van der Waals surface area contributed by atoms with E-state index in [0.29, 0.717) is 24.5 Å². The minimum Gasteiger partial charge on any atom is -0.493 e. The highest BCUT2D eigenvalue weighted by Crippen LogP contribution is 2.21. The number of rotatable bonds is 6. The van der Waals surface area contributed by atoms with Gasteiger partial charge in [0.25, 0.3) is 0 Å². The predicted octanol–water partition coefficient (Wildman–Crippen LogP) is 3.01. The number of amides is 1. The summed E-state index contributed by atoms with van der Waals surface area (Å²) in [5.41, 5.74) is 4.71. The summed E-state index contributed by atoms with van der Waals surface area (Å²) in [6.07, 6.45) is 2.91.